The first-order chi connectivity index (χ1) is 11.7. The predicted octanol–water partition coefficient (Wildman–Crippen LogP) is 3.52. The topological polar surface area (TPSA) is 57.3 Å². The minimum absolute atomic E-state index is 0. The molecule has 3 heterocycles. The van der Waals surface area contributed by atoms with E-state index in [0.717, 1.165) is 57.2 Å². The zero-order chi connectivity index (χ0) is 16.8. The Balaban J connectivity index is 0.00000225. The number of aryl methyl sites for hydroxylation is 1. The zero-order valence-corrected chi connectivity index (χ0v) is 18.4. The summed E-state index contributed by atoms with van der Waals surface area (Å²) in [5.41, 5.74) is 1.19. The predicted molar refractivity (Wildman–Crippen MR) is 119 cm³/mol. The van der Waals surface area contributed by atoms with Crippen molar-refractivity contribution in [2.75, 3.05) is 31.1 Å². The lowest BCUT2D eigenvalue weighted by molar-refractivity contribution is -0.122. The lowest BCUT2D eigenvalue weighted by Gasteiger charge is -2.33. The fourth-order valence-electron chi connectivity index (χ4n) is 3.71. The van der Waals surface area contributed by atoms with Gasteiger partial charge in [-0.3, -0.25) is 4.79 Å². The van der Waals surface area contributed by atoms with E-state index in [1.54, 1.807) is 0 Å². The average molecular weight is 440 g/mol. The number of carbonyl (C=O) groups excluding carboxylic acids is 1. The maximum Gasteiger partial charge on any atom is 0.220 e. The summed E-state index contributed by atoms with van der Waals surface area (Å²) in [6, 6.07) is 4.52. The largest absolute Gasteiger partial charge is 0.356 e. The van der Waals surface area contributed by atoms with Crippen molar-refractivity contribution in [3.05, 3.63) is 23.9 Å². The summed E-state index contributed by atoms with van der Waals surface area (Å²) < 4.78 is 0. The summed E-state index contributed by atoms with van der Waals surface area (Å²) in [5, 5.41) is 6.62. The van der Waals surface area contributed by atoms with Gasteiger partial charge in [0.2, 0.25) is 5.91 Å². The van der Waals surface area contributed by atoms with Gasteiger partial charge in [0.05, 0.1) is 0 Å². The van der Waals surface area contributed by atoms with Crippen LogP contribution in [0.2, 0.25) is 0 Å². The fourth-order valence-corrected chi connectivity index (χ4v) is 3.71. The summed E-state index contributed by atoms with van der Waals surface area (Å²) >= 11 is 0. The number of hydrogen-bond acceptors (Lipinski definition) is 4. The molecule has 27 heavy (non-hydrogen) atoms. The molecule has 2 N–H and O–H groups in total. The van der Waals surface area contributed by atoms with Crippen molar-refractivity contribution >= 4 is 48.9 Å². The monoisotopic (exact) mass is 438 g/mol. The van der Waals surface area contributed by atoms with E-state index in [1.165, 1.54) is 18.4 Å². The molecule has 5 nitrogen and oxygen atoms in total. The number of halogens is 3. The van der Waals surface area contributed by atoms with Crippen molar-refractivity contribution in [1.82, 2.24) is 15.6 Å². The van der Waals surface area contributed by atoms with Crippen LogP contribution in [0.15, 0.2) is 18.3 Å². The number of aromatic nitrogens is 1. The maximum absolute atomic E-state index is 12.2. The Morgan fingerprint density at radius 2 is 1.81 bits per heavy atom. The van der Waals surface area contributed by atoms with E-state index in [2.05, 4.69) is 39.6 Å². The molecule has 0 spiro atoms. The van der Waals surface area contributed by atoms with Crippen molar-refractivity contribution < 1.29 is 4.79 Å². The van der Waals surface area contributed by atoms with E-state index in [9.17, 15) is 4.79 Å². The van der Waals surface area contributed by atoms with Gasteiger partial charge in [0.25, 0.3) is 0 Å². The van der Waals surface area contributed by atoms with Crippen LogP contribution in [0.1, 0.15) is 44.1 Å². The van der Waals surface area contributed by atoms with Crippen LogP contribution < -0.4 is 15.5 Å². The molecule has 2 fully saturated rings. The molecular weight excluding hydrogens is 407 g/mol. The molecule has 0 unspecified atom stereocenters. The number of hydrogen-bond donors (Lipinski definition) is 2. The first-order valence-electron chi connectivity index (χ1n) is 9.38. The number of pyridine rings is 1. The Hall–Kier alpha value is -0.750. The summed E-state index contributed by atoms with van der Waals surface area (Å²) in [6.45, 7) is 6.21. The Morgan fingerprint density at radius 3 is 2.41 bits per heavy atom. The standard InChI is InChI=1S/C19H30N4O.3ClH/c1-15-2-4-18(21-14-15)23-12-8-17(9-13-23)22-19(24)5-3-16-6-10-20-11-7-16;;;/h2,4,14,16-17,20H,3,5-13H2,1H3,(H,22,24);3*1H. The quantitative estimate of drug-likeness (QED) is 0.737. The van der Waals surface area contributed by atoms with E-state index in [0.29, 0.717) is 12.5 Å². The smallest absolute Gasteiger partial charge is 0.220 e. The highest BCUT2D eigenvalue weighted by Crippen LogP contribution is 2.20. The van der Waals surface area contributed by atoms with E-state index in [4.69, 9.17) is 0 Å². The first-order valence-corrected chi connectivity index (χ1v) is 9.38. The van der Waals surface area contributed by atoms with Gasteiger partial charge in [0.1, 0.15) is 5.82 Å². The van der Waals surface area contributed by atoms with Crippen LogP contribution in [0.3, 0.4) is 0 Å². The second-order valence-electron chi connectivity index (χ2n) is 7.25. The third-order valence-electron chi connectivity index (χ3n) is 5.32. The fraction of sp³-hybridized carbons (Fsp3) is 0.684. The second kappa shape index (κ2) is 13.4. The average Bonchev–Trinajstić information content (AvgIpc) is 2.62. The second-order valence-corrected chi connectivity index (χ2v) is 7.25. The van der Waals surface area contributed by atoms with Crippen LogP contribution in [0.5, 0.6) is 0 Å². The van der Waals surface area contributed by atoms with Crippen LogP contribution in [-0.4, -0.2) is 43.1 Å². The molecule has 0 aromatic carbocycles. The number of amides is 1. The van der Waals surface area contributed by atoms with Gasteiger partial charge in [-0.25, -0.2) is 4.98 Å². The number of carbonyl (C=O) groups is 1. The molecule has 1 aromatic heterocycles. The number of piperidine rings is 2. The normalized spacial score (nSPS) is 17.9. The van der Waals surface area contributed by atoms with E-state index in [-0.39, 0.29) is 43.1 Å². The number of nitrogens with one attached hydrogen (secondary N) is 2. The Bertz CT molecular complexity index is 530. The molecule has 0 bridgehead atoms. The zero-order valence-electron chi connectivity index (χ0n) is 16.0. The molecule has 1 aromatic rings. The van der Waals surface area contributed by atoms with Gasteiger partial charge < -0.3 is 15.5 Å². The number of anilines is 1. The van der Waals surface area contributed by atoms with E-state index >= 15 is 0 Å². The minimum atomic E-state index is 0. The maximum atomic E-state index is 12.2. The summed E-state index contributed by atoms with van der Waals surface area (Å²) in [7, 11) is 0. The Labute approximate surface area is 181 Å². The Morgan fingerprint density at radius 1 is 1.15 bits per heavy atom. The number of rotatable bonds is 5. The molecule has 2 aliphatic heterocycles. The van der Waals surface area contributed by atoms with Crippen molar-refractivity contribution in [3.8, 4) is 0 Å². The first kappa shape index (κ1) is 26.2. The lowest BCUT2D eigenvalue weighted by Crippen LogP contribution is -2.45. The van der Waals surface area contributed by atoms with Crippen molar-refractivity contribution in [3.63, 3.8) is 0 Å². The van der Waals surface area contributed by atoms with Crippen LogP contribution >= 0.6 is 37.2 Å². The van der Waals surface area contributed by atoms with Crippen LogP contribution in [0.25, 0.3) is 0 Å². The van der Waals surface area contributed by atoms with Crippen molar-refractivity contribution in [2.45, 2.75) is 51.5 Å². The third-order valence-corrected chi connectivity index (χ3v) is 5.32. The van der Waals surface area contributed by atoms with E-state index in [1.807, 2.05) is 6.20 Å². The molecule has 0 radical (unpaired) electrons. The molecule has 0 aliphatic carbocycles. The molecule has 3 rings (SSSR count). The molecule has 0 saturated carbocycles. The molecule has 1 amide bonds. The molecule has 8 heteroatoms. The van der Waals surface area contributed by atoms with E-state index < -0.39 is 0 Å². The van der Waals surface area contributed by atoms with Crippen LogP contribution in [0.4, 0.5) is 5.82 Å². The summed E-state index contributed by atoms with van der Waals surface area (Å²) in [5.74, 6) is 2.02. The van der Waals surface area contributed by atoms with Gasteiger partial charge in [-0.1, -0.05) is 6.07 Å². The molecule has 156 valence electrons. The summed E-state index contributed by atoms with van der Waals surface area (Å²) in [6.07, 6.45) is 8.10. The van der Waals surface area contributed by atoms with Gasteiger partial charge in [0, 0.05) is 31.7 Å². The van der Waals surface area contributed by atoms with Crippen molar-refractivity contribution in [1.29, 1.82) is 0 Å². The third kappa shape index (κ3) is 8.43. The molecular formula is C19H33Cl3N4O. The van der Waals surface area contributed by atoms with Gasteiger partial charge in [-0.2, -0.15) is 0 Å². The minimum Gasteiger partial charge on any atom is -0.356 e. The van der Waals surface area contributed by atoms with Crippen LogP contribution in [0, 0.1) is 12.8 Å². The van der Waals surface area contributed by atoms with Crippen molar-refractivity contribution in [2.24, 2.45) is 5.92 Å². The molecule has 0 atom stereocenters. The highest BCUT2D eigenvalue weighted by molar-refractivity contribution is 5.86. The SMILES string of the molecule is Cc1ccc(N2CCC(NC(=O)CCC3CCNCC3)CC2)nc1.Cl.Cl.Cl. The highest BCUT2D eigenvalue weighted by atomic mass is 35.5. The lowest BCUT2D eigenvalue weighted by atomic mass is 9.93. The van der Waals surface area contributed by atoms with Gasteiger partial charge in [0.15, 0.2) is 0 Å². The van der Waals surface area contributed by atoms with Crippen LogP contribution in [-0.2, 0) is 4.79 Å². The number of nitrogens with zero attached hydrogens (tertiary/aromatic N) is 2. The molecule has 2 saturated heterocycles. The molecule has 2 aliphatic rings. The Kier molecular flexibility index (Phi) is 13.1. The van der Waals surface area contributed by atoms with Gasteiger partial charge in [-0.15, -0.1) is 37.2 Å². The van der Waals surface area contributed by atoms with Gasteiger partial charge >= 0.3 is 0 Å². The highest BCUT2D eigenvalue weighted by Gasteiger charge is 2.22. The van der Waals surface area contributed by atoms with Gasteiger partial charge in [-0.05, 0) is 69.7 Å². The summed E-state index contributed by atoms with van der Waals surface area (Å²) in [4.78, 5) is 19.0.